The molecule has 4 saturated heterocycles. The van der Waals surface area contributed by atoms with Gasteiger partial charge in [-0.3, -0.25) is 0 Å². The van der Waals surface area contributed by atoms with Crippen LogP contribution in [-0.2, 0) is 18.9 Å². The molecule has 14 N–H and O–H groups in total. The molecule has 6 aliphatic heterocycles. The zero-order valence-corrected chi connectivity index (χ0v) is 44.8. The van der Waals surface area contributed by atoms with Crippen molar-refractivity contribution in [3.05, 3.63) is 166 Å². The van der Waals surface area contributed by atoms with Crippen molar-refractivity contribution in [2.75, 3.05) is 26.4 Å². The third kappa shape index (κ3) is 10.1. The van der Waals surface area contributed by atoms with Gasteiger partial charge in [0.2, 0.25) is 0 Å². The van der Waals surface area contributed by atoms with Gasteiger partial charge in [0.1, 0.15) is 97.7 Å². The third-order valence-corrected chi connectivity index (χ3v) is 16.9. The highest BCUT2D eigenvalue weighted by Gasteiger charge is 2.42. The van der Waals surface area contributed by atoms with Gasteiger partial charge in [-0.1, -0.05) is 97.1 Å². The molecule has 13 rings (SSSR count). The lowest BCUT2D eigenvalue weighted by molar-refractivity contribution is -0.189. The number of rotatable bonds is 8. The Kier molecular flexibility index (Phi) is 15.1. The molecule has 16 atom stereocenters. The molecule has 84 heavy (non-hydrogen) atoms. The van der Waals surface area contributed by atoms with E-state index in [1.54, 1.807) is 48.5 Å². The first-order chi connectivity index (χ1) is 40.6. The van der Waals surface area contributed by atoms with E-state index in [4.69, 9.17) is 28.9 Å². The molecule has 8 bridgehead atoms. The van der Waals surface area contributed by atoms with Crippen LogP contribution in [0.5, 0.6) is 0 Å². The predicted molar refractivity (Wildman–Crippen MR) is 307 cm³/mol. The molecule has 20 heteroatoms. The summed E-state index contributed by atoms with van der Waals surface area (Å²) >= 11 is 0. The standard InChI is InChI=1S/C64H62N4O16/c69-45-25-81-61(57(77)53(45)73)33-9-1-29(2-10-33)49-37-17-19-39(65-37)50(30-3-11-34(12-4-30)62-58(78)54(74)46(70)26-82-62)41-21-23-43(67-41)52(32-7-15-36(16-8-32)64-60(80)56(76)48(72)28-84-64)44-24-22-42(68-44)51(40-20-18-38(49)66-40)31-5-13-35(14-6-31)63-59(79)55(75)47(71)27-83-63/h1-24,45-48,53-65,68-80H,25-28H2/t45-,46-,47-,48-,53+,54+,55+,56+,57-,58-,59-,60-,61?,62?,63?,64?/m1/s1. The van der Waals surface area contributed by atoms with E-state index in [-0.39, 0.29) is 26.4 Å². The fourth-order valence-electron chi connectivity index (χ4n) is 12.2. The summed E-state index contributed by atoms with van der Waals surface area (Å²) in [6.07, 6.45) is -12.2. The molecule has 4 unspecified atom stereocenters. The van der Waals surface area contributed by atoms with Gasteiger partial charge in [-0.15, -0.1) is 0 Å². The molecule has 20 nitrogen and oxygen atoms in total. The number of aliphatic hydroxyl groups excluding tert-OH is 12. The van der Waals surface area contributed by atoms with E-state index in [1.807, 2.05) is 97.1 Å². The zero-order valence-electron chi connectivity index (χ0n) is 44.8. The highest BCUT2D eigenvalue weighted by molar-refractivity contribution is 6.00. The fourth-order valence-corrected chi connectivity index (χ4v) is 12.2. The first kappa shape index (κ1) is 56.0. The van der Waals surface area contributed by atoms with Crippen LogP contribution in [0.2, 0.25) is 0 Å². The van der Waals surface area contributed by atoms with Gasteiger partial charge < -0.3 is 90.2 Å². The summed E-state index contributed by atoms with van der Waals surface area (Å²) in [7, 11) is 0. The molecule has 6 aliphatic rings. The molecule has 4 aromatic carbocycles. The SMILES string of the molecule is O[C@H]1[C@H](O)COC(c2ccc(-c3c4nc(c(-c5ccc(C6OC[C@@H](O)[C@H](O)[C@H]6O)cc5)c5ccc([nH]5)c(-c5ccc(C6OC[C@@H](O)[C@H](O)[C@H]6O)cc5)c5nc(c(-c6ccc(C7OC[C@@H](O)[C@H](O)[C@H]7O)cc6)c6ccc3[nH]6)C=C5)C=C4)cc2)[C@@H]1O. The minimum absolute atomic E-state index is 0.167. The van der Waals surface area contributed by atoms with E-state index < -0.39 is 97.7 Å². The van der Waals surface area contributed by atoms with Gasteiger partial charge in [-0.05, 0) is 93.1 Å². The lowest BCUT2D eigenvalue weighted by Crippen LogP contribution is -2.48. The Morgan fingerprint density at radius 3 is 0.679 bits per heavy atom. The first-order valence-corrected chi connectivity index (χ1v) is 27.8. The van der Waals surface area contributed by atoms with Crippen LogP contribution in [0.15, 0.2) is 121 Å². The number of nitrogens with zero attached hydrogens (tertiary/aromatic N) is 2. The van der Waals surface area contributed by atoms with Crippen LogP contribution in [0, 0.1) is 0 Å². The third-order valence-electron chi connectivity index (χ3n) is 16.9. The predicted octanol–water partition coefficient (Wildman–Crippen LogP) is 3.94. The second kappa shape index (κ2) is 22.7. The van der Waals surface area contributed by atoms with Crippen molar-refractivity contribution < 1.29 is 80.2 Å². The molecule has 7 aromatic rings. The molecular weight excluding hydrogens is 1080 g/mol. The van der Waals surface area contributed by atoms with Crippen LogP contribution in [0.1, 0.15) is 69.4 Å². The van der Waals surface area contributed by atoms with Gasteiger partial charge in [-0.2, -0.15) is 0 Å². The van der Waals surface area contributed by atoms with E-state index in [2.05, 4.69) is 9.97 Å². The van der Waals surface area contributed by atoms with E-state index in [0.717, 1.165) is 22.3 Å². The molecule has 9 heterocycles. The van der Waals surface area contributed by atoms with E-state index in [1.165, 1.54) is 0 Å². The minimum Gasteiger partial charge on any atom is -0.388 e. The molecule has 4 fully saturated rings. The Bertz CT molecular complexity index is 3330. The summed E-state index contributed by atoms with van der Waals surface area (Å²) in [5.74, 6) is 0. The number of ether oxygens (including phenoxy) is 4. The van der Waals surface area contributed by atoms with Crippen LogP contribution in [0.3, 0.4) is 0 Å². The maximum atomic E-state index is 11.0. The van der Waals surface area contributed by atoms with Crippen LogP contribution in [0.4, 0.5) is 0 Å². The second-order valence-corrected chi connectivity index (χ2v) is 22.2. The Labute approximate surface area is 479 Å². The number of H-pyrrole nitrogens is 2. The highest BCUT2D eigenvalue weighted by atomic mass is 16.5. The van der Waals surface area contributed by atoms with E-state index in [0.29, 0.717) is 89.4 Å². The molecule has 434 valence electrons. The average Bonchev–Trinajstić information content (AvgIpc) is 3.91. The minimum atomic E-state index is -1.41. The number of hydrogen-bond acceptors (Lipinski definition) is 18. The van der Waals surface area contributed by atoms with Crippen molar-refractivity contribution in [1.82, 2.24) is 19.9 Å². The van der Waals surface area contributed by atoms with E-state index >= 15 is 0 Å². The lowest BCUT2D eigenvalue weighted by Gasteiger charge is -2.35. The monoisotopic (exact) mass is 1140 g/mol. The number of aromatic nitrogens is 4. The zero-order chi connectivity index (χ0) is 58.2. The number of hydrogen-bond donors (Lipinski definition) is 14. The number of benzene rings is 4. The smallest absolute Gasteiger partial charge is 0.113 e. The summed E-state index contributed by atoms with van der Waals surface area (Å²) in [5.41, 5.74) is 12.8. The maximum absolute atomic E-state index is 11.0. The molecular formula is C64H62N4O16. The van der Waals surface area contributed by atoms with Crippen molar-refractivity contribution in [1.29, 1.82) is 0 Å². The molecule has 0 amide bonds. The molecule has 3 aromatic heterocycles. The Morgan fingerprint density at radius 2 is 0.476 bits per heavy atom. The topological polar surface area (TPSA) is 337 Å². The highest BCUT2D eigenvalue weighted by Crippen LogP contribution is 2.42. The van der Waals surface area contributed by atoms with Gasteiger partial charge in [0.05, 0.1) is 49.2 Å². The Balaban J connectivity index is 1.03. The van der Waals surface area contributed by atoms with Crippen LogP contribution in [-0.4, -0.2) is 181 Å². The van der Waals surface area contributed by atoms with Crippen LogP contribution >= 0.6 is 0 Å². The second-order valence-electron chi connectivity index (χ2n) is 22.2. The number of nitrogens with one attached hydrogen (secondary N) is 2. The summed E-state index contributed by atoms with van der Waals surface area (Å²) in [4.78, 5) is 18.2. The van der Waals surface area contributed by atoms with Gasteiger partial charge >= 0.3 is 0 Å². The average molecular weight is 1140 g/mol. The van der Waals surface area contributed by atoms with Crippen molar-refractivity contribution >= 4 is 46.4 Å². The number of aromatic amines is 2. The summed E-state index contributed by atoms with van der Waals surface area (Å²) in [5, 5.41) is 127. The van der Waals surface area contributed by atoms with Gasteiger partial charge in [0, 0.05) is 44.3 Å². The Hall–Kier alpha value is -7.16. The Morgan fingerprint density at radius 1 is 0.274 bits per heavy atom. The van der Waals surface area contributed by atoms with E-state index in [9.17, 15) is 61.3 Å². The van der Waals surface area contributed by atoms with Crippen LogP contribution < -0.4 is 0 Å². The lowest BCUT2D eigenvalue weighted by atomic mass is 9.93. The molecule has 0 radical (unpaired) electrons. The summed E-state index contributed by atoms with van der Waals surface area (Å²) in [6.45, 7) is -0.668. The summed E-state index contributed by atoms with van der Waals surface area (Å²) < 4.78 is 23.3. The number of fused-ring (bicyclic) bond motifs is 8. The van der Waals surface area contributed by atoms with Crippen molar-refractivity contribution in [3.63, 3.8) is 0 Å². The largest absolute Gasteiger partial charge is 0.388 e. The number of aliphatic hydroxyl groups is 12. The normalized spacial score (nSPS) is 30.6. The fraction of sp³-hybridized carbons (Fsp3) is 0.312. The van der Waals surface area contributed by atoms with Crippen molar-refractivity contribution in [3.8, 4) is 44.5 Å². The van der Waals surface area contributed by atoms with Crippen molar-refractivity contribution in [2.24, 2.45) is 0 Å². The summed E-state index contributed by atoms with van der Waals surface area (Å²) in [6, 6.07) is 37.1. The molecule has 0 aliphatic carbocycles. The quantitative estimate of drug-likeness (QED) is 0.102. The molecule has 0 spiro atoms. The van der Waals surface area contributed by atoms with Crippen LogP contribution in [0.25, 0.3) is 90.9 Å². The molecule has 0 saturated carbocycles. The van der Waals surface area contributed by atoms with Gasteiger partial charge in [0.25, 0.3) is 0 Å². The van der Waals surface area contributed by atoms with Crippen molar-refractivity contribution in [2.45, 2.75) is 97.7 Å². The van der Waals surface area contributed by atoms with Gasteiger partial charge in [-0.25, -0.2) is 9.97 Å². The maximum Gasteiger partial charge on any atom is 0.113 e. The van der Waals surface area contributed by atoms with Gasteiger partial charge in [0.15, 0.2) is 0 Å². The first-order valence-electron chi connectivity index (χ1n) is 27.8.